The fraction of sp³-hybridized carbons (Fsp3) is 0.167. The van der Waals surface area contributed by atoms with Crippen LogP contribution in [0.15, 0.2) is 59.5 Å². The van der Waals surface area contributed by atoms with Crippen molar-refractivity contribution >= 4 is 29.0 Å². The Labute approximate surface area is 179 Å². The third kappa shape index (κ3) is 3.71. The number of benzene rings is 2. The van der Waals surface area contributed by atoms with Gasteiger partial charge < -0.3 is 4.57 Å². The summed E-state index contributed by atoms with van der Waals surface area (Å²) in [5, 5.41) is -0.283. The fourth-order valence-corrected chi connectivity index (χ4v) is 4.42. The van der Waals surface area contributed by atoms with Crippen LogP contribution in [0, 0.1) is 26.6 Å². The highest BCUT2D eigenvalue weighted by Crippen LogP contribution is 2.34. The quantitative estimate of drug-likeness (QED) is 0.503. The molecule has 30 heavy (non-hydrogen) atoms. The maximum atomic E-state index is 14.3. The molecule has 2 aromatic carbocycles. The van der Waals surface area contributed by atoms with Crippen LogP contribution >= 0.6 is 11.8 Å². The van der Waals surface area contributed by atoms with E-state index in [0.717, 1.165) is 39.8 Å². The number of para-hydroxylation sites is 1. The Hall–Kier alpha value is -3.12. The second kappa shape index (κ2) is 7.95. The van der Waals surface area contributed by atoms with Gasteiger partial charge in [0.1, 0.15) is 5.82 Å². The molecule has 4 nitrogen and oxygen atoms in total. The number of imide groups is 1. The Balaban J connectivity index is 1.63. The van der Waals surface area contributed by atoms with Crippen LogP contribution in [0.25, 0.3) is 11.8 Å². The summed E-state index contributed by atoms with van der Waals surface area (Å²) in [6, 6.07) is 16.2. The summed E-state index contributed by atoms with van der Waals surface area (Å²) in [5.41, 5.74) is 4.93. The normalized spacial score (nSPS) is 15.5. The molecule has 1 saturated heterocycles. The monoisotopic (exact) mass is 420 g/mol. The summed E-state index contributed by atoms with van der Waals surface area (Å²) in [4.78, 5) is 27.0. The van der Waals surface area contributed by atoms with Crippen LogP contribution in [0.4, 0.5) is 9.18 Å². The first-order valence-corrected chi connectivity index (χ1v) is 10.4. The molecule has 0 radical (unpaired) electrons. The van der Waals surface area contributed by atoms with Gasteiger partial charge in [-0.2, -0.15) is 0 Å². The van der Waals surface area contributed by atoms with Gasteiger partial charge in [-0.25, -0.2) is 4.39 Å². The Morgan fingerprint density at radius 1 is 1.00 bits per heavy atom. The fourth-order valence-electron chi connectivity index (χ4n) is 3.59. The number of rotatable bonds is 4. The Kier molecular flexibility index (Phi) is 5.35. The van der Waals surface area contributed by atoms with Crippen molar-refractivity contribution in [2.75, 3.05) is 0 Å². The largest absolute Gasteiger partial charge is 0.315 e. The van der Waals surface area contributed by atoms with Crippen LogP contribution in [-0.4, -0.2) is 20.6 Å². The number of halogens is 1. The first-order chi connectivity index (χ1) is 14.3. The predicted octanol–water partition coefficient (Wildman–Crippen LogP) is 5.78. The van der Waals surface area contributed by atoms with E-state index in [9.17, 15) is 14.0 Å². The minimum Gasteiger partial charge on any atom is -0.315 e. The summed E-state index contributed by atoms with van der Waals surface area (Å²) in [5.74, 6) is -0.620. The highest BCUT2D eigenvalue weighted by atomic mass is 32.2. The van der Waals surface area contributed by atoms with E-state index in [1.54, 1.807) is 24.3 Å². The van der Waals surface area contributed by atoms with E-state index in [-0.39, 0.29) is 23.5 Å². The van der Waals surface area contributed by atoms with Crippen molar-refractivity contribution in [3.05, 3.63) is 93.4 Å². The molecule has 1 aliphatic heterocycles. The SMILES string of the molecule is Cc1ccc(CN2C(=O)S/C(=C\c3cc(C)n(-c4ccccc4F)c3C)C2=O)cc1. The molecule has 152 valence electrons. The molecule has 0 unspecified atom stereocenters. The van der Waals surface area contributed by atoms with E-state index in [1.807, 2.05) is 55.7 Å². The summed E-state index contributed by atoms with van der Waals surface area (Å²) >= 11 is 0.937. The van der Waals surface area contributed by atoms with E-state index >= 15 is 0 Å². The molecule has 0 spiro atoms. The van der Waals surface area contributed by atoms with Crippen molar-refractivity contribution in [1.82, 2.24) is 9.47 Å². The van der Waals surface area contributed by atoms with Gasteiger partial charge in [0.15, 0.2) is 0 Å². The van der Waals surface area contributed by atoms with E-state index in [2.05, 4.69) is 0 Å². The lowest BCUT2D eigenvalue weighted by molar-refractivity contribution is -0.123. The third-order valence-electron chi connectivity index (χ3n) is 5.19. The molecule has 4 rings (SSSR count). The van der Waals surface area contributed by atoms with Gasteiger partial charge in [0.25, 0.3) is 11.1 Å². The number of nitrogens with zero attached hydrogens (tertiary/aromatic N) is 2. The van der Waals surface area contributed by atoms with Crippen molar-refractivity contribution in [3.8, 4) is 5.69 Å². The highest BCUT2D eigenvalue weighted by molar-refractivity contribution is 8.18. The zero-order valence-electron chi connectivity index (χ0n) is 17.0. The van der Waals surface area contributed by atoms with Crippen molar-refractivity contribution in [2.45, 2.75) is 27.3 Å². The molecule has 3 aromatic rings. The Morgan fingerprint density at radius 2 is 1.70 bits per heavy atom. The number of hydrogen-bond acceptors (Lipinski definition) is 3. The standard InChI is InChI=1S/C24H21FN2O2S/c1-15-8-10-18(11-9-15)14-26-23(28)22(30-24(26)29)13-19-12-16(2)27(17(19)3)21-7-5-4-6-20(21)25/h4-13H,14H2,1-3H3/b22-13-. The van der Waals surface area contributed by atoms with Crippen LogP contribution in [0.2, 0.25) is 0 Å². The van der Waals surface area contributed by atoms with E-state index in [1.165, 1.54) is 11.0 Å². The molecule has 0 atom stereocenters. The number of amides is 2. The number of hydrogen-bond donors (Lipinski definition) is 0. The van der Waals surface area contributed by atoms with E-state index < -0.39 is 0 Å². The van der Waals surface area contributed by atoms with Gasteiger partial charge in [0.2, 0.25) is 0 Å². The average Bonchev–Trinajstić information content (AvgIpc) is 3.14. The molecule has 1 aromatic heterocycles. The maximum Gasteiger partial charge on any atom is 0.293 e. The minimum atomic E-state index is -0.315. The summed E-state index contributed by atoms with van der Waals surface area (Å²) in [6.07, 6.45) is 1.72. The molecule has 0 bridgehead atoms. The average molecular weight is 421 g/mol. The van der Waals surface area contributed by atoms with Crippen molar-refractivity contribution in [3.63, 3.8) is 0 Å². The molecule has 0 N–H and O–H groups in total. The topological polar surface area (TPSA) is 42.3 Å². The van der Waals surface area contributed by atoms with Crippen molar-refractivity contribution < 1.29 is 14.0 Å². The van der Waals surface area contributed by atoms with Crippen LogP contribution in [0.3, 0.4) is 0 Å². The van der Waals surface area contributed by atoms with E-state index in [0.29, 0.717) is 10.6 Å². The van der Waals surface area contributed by atoms with Gasteiger partial charge in [-0.15, -0.1) is 0 Å². The van der Waals surface area contributed by atoms with Crippen LogP contribution in [0.5, 0.6) is 0 Å². The molecular formula is C24H21FN2O2S. The number of carbonyl (C=O) groups is 2. The van der Waals surface area contributed by atoms with Gasteiger partial charge in [-0.1, -0.05) is 42.0 Å². The molecule has 6 heteroatoms. The number of carbonyl (C=O) groups excluding carboxylic acids is 2. The molecule has 0 saturated carbocycles. The van der Waals surface area contributed by atoms with Crippen molar-refractivity contribution in [1.29, 1.82) is 0 Å². The predicted molar refractivity (Wildman–Crippen MR) is 118 cm³/mol. The molecule has 1 aliphatic rings. The smallest absolute Gasteiger partial charge is 0.293 e. The zero-order valence-corrected chi connectivity index (χ0v) is 17.8. The van der Waals surface area contributed by atoms with Crippen LogP contribution in [0.1, 0.15) is 28.1 Å². The lowest BCUT2D eigenvalue weighted by Gasteiger charge is -2.12. The summed E-state index contributed by atoms with van der Waals surface area (Å²) < 4.78 is 16.1. The zero-order chi connectivity index (χ0) is 21.4. The number of thioether (sulfide) groups is 1. The van der Waals surface area contributed by atoms with Crippen LogP contribution < -0.4 is 0 Å². The van der Waals surface area contributed by atoms with Crippen molar-refractivity contribution in [2.24, 2.45) is 0 Å². The van der Waals surface area contributed by atoms with Gasteiger partial charge in [-0.05, 0) is 67.9 Å². The lowest BCUT2D eigenvalue weighted by Crippen LogP contribution is -2.27. The Morgan fingerprint density at radius 3 is 2.40 bits per heavy atom. The molecule has 2 heterocycles. The third-order valence-corrected chi connectivity index (χ3v) is 6.09. The minimum absolute atomic E-state index is 0.247. The first-order valence-electron chi connectivity index (χ1n) is 9.60. The molecular weight excluding hydrogens is 399 g/mol. The van der Waals surface area contributed by atoms with Gasteiger partial charge in [0.05, 0.1) is 17.1 Å². The Bertz CT molecular complexity index is 1180. The van der Waals surface area contributed by atoms with Gasteiger partial charge >= 0.3 is 0 Å². The van der Waals surface area contributed by atoms with Crippen LogP contribution in [-0.2, 0) is 11.3 Å². The summed E-state index contributed by atoms with van der Waals surface area (Å²) in [7, 11) is 0. The molecule has 2 amide bonds. The van der Waals surface area contributed by atoms with Gasteiger partial charge in [0, 0.05) is 11.4 Å². The van der Waals surface area contributed by atoms with Gasteiger partial charge in [-0.3, -0.25) is 14.5 Å². The number of aryl methyl sites for hydroxylation is 2. The molecule has 1 fully saturated rings. The number of aromatic nitrogens is 1. The second-order valence-electron chi connectivity index (χ2n) is 7.37. The summed E-state index contributed by atoms with van der Waals surface area (Å²) in [6.45, 7) is 6.00. The van der Waals surface area contributed by atoms with E-state index in [4.69, 9.17) is 0 Å². The second-order valence-corrected chi connectivity index (χ2v) is 8.36. The maximum absolute atomic E-state index is 14.3. The lowest BCUT2D eigenvalue weighted by atomic mass is 10.1. The highest BCUT2D eigenvalue weighted by Gasteiger charge is 2.35. The first kappa shape index (κ1) is 20.2. The molecule has 0 aliphatic carbocycles.